The normalized spacial score (nSPS) is 16.3. The molecule has 23 heavy (non-hydrogen) atoms. The number of nitrogens with zero attached hydrogens (tertiary/aromatic N) is 1. The van der Waals surface area contributed by atoms with Gasteiger partial charge >= 0.3 is 6.09 Å². The van der Waals surface area contributed by atoms with Gasteiger partial charge in [-0.15, -0.1) is 0 Å². The molecular formula is C14H18BrNO6S. The Morgan fingerprint density at radius 3 is 2.48 bits per heavy atom. The van der Waals surface area contributed by atoms with Crippen molar-refractivity contribution in [1.82, 2.24) is 4.90 Å². The highest BCUT2D eigenvalue weighted by Gasteiger charge is 2.22. The van der Waals surface area contributed by atoms with Crippen LogP contribution in [-0.2, 0) is 24.1 Å². The number of aryl methyl sites for hydroxylation is 1. The van der Waals surface area contributed by atoms with E-state index in [1.54, 1.807) is 12.1 Å². The summed E-state index contributed by atoms with van der Waals surface area (Å²) in [5, 5.41) is -0.894. The Bertz CT molecular complexity index is 627. The van der Waals surface area contributed by atoms with Gasteiger partial charge in [0, 0.05) is 13.1 Å². The van der Waals surface area contributed by atoms with Gasteiger partial charge in [-0.1, -0.05) is 33.6 Å². The van der Waals surface area contributed by atoms with E-state index in [1.807, 2.05) is 6.92 Å². The number of alkyl halides is 1. The third kappa shape index (κ3) is 5.45. The lowest BCUT2D eigenvalue weighted by Crippen LogP contribution is -2.30. The van der Waals surface area contributed by atoms with Gasteiger partial charge in [0.15, 0.2) is 5.01 Å². The molecule has 7 nitrogen and oxygen atoms in total. The number of hydrogen-bond donors (Lipinski definition) is 0. The summed E-state index contributed by atoms with van der Waals surface area (Å²) >= 11 is 3.04. The van der Waals surface area contributed by atoms with Crippen molar-refractivity contribution in [2.45, 2.75) is 29.7 Å². The summed E-state index contributed by atoms with van der Waals surface area (Å²) in [6.07, 6.45) is 1.28. The molecule has 1 fully saturated rings. The maximum Gasteiger partial charge on any atom is 0.441 e. The molecular weight excluding hydrogens is 390 g/mol. The minimum absolute atomic E-state index is 0.0526. The smallest absolute Gasteiger partial charge is 0.306 e. The number of carbonyl (C=O) groups excluding carboxylic acids is 1. The minimum Gasteiger partial charge on any atom is -0.306 e. The van der Waals surface area contributed by atoms with E-state index < -0.39 is 21.2 Å². The largest absolute Gasteiger partial charge is 0.441 e. The predicted octanol–water partition coefficient (Wildman–Crippen LogP) is 2.59. The van der Waals surface area contributed by atoms with Crippen molar-refractivity contribution in [1.29, 1.82) is 0 Å². The van der Waals surface area contributed by atoms with Gasteiger partial charge in [0.1, 0.15) is 6.61 Å². The second-order valence-corrected chi connectivity index (χ2v) is 7.74. The van der Waals surface area contributed by atoms with Crippen molar-refractivity contribution >= 4 is 32.1 Å². The van der Waals surface area contributed by atoms with Gasteiger partial charge in [0.25, 0.3) is 10.1 Å². The van der Waals surface area contributed by atoms with E-state index in [2.05, 4.69) is 20.8 Å². The molecule has 0 bridgehead atoms. The Hall–Kier alpha value is -1.16. The number of halogens is 1. The molecule has 128 valence electrons. The van der Waals surface area contributed by atoms with Crippen LogP contribution in [0.1, 0.15) is 18.4 Å². The molecule has 0 aromatic heterocycles. The second-order valence-electron chi connectivity index (χ2n) is 5.10. The van der Waals surface area contributed by atoms with E-state index in [9.17, 15) is 13.2 Å². The average Bonchev–Trinajstić information content (AvgIpc) is 3.05. The maximum absolute atomic E-state index is 12.0. The summed E-state index contributed by atoms with van der Waals surface area (Å²) in [5.74, 6) is 0. The SMILES string of the molecule is Cc1ccc(S(=O)(=O)OCC(Br)OOC(=O)N2CCCC2)cc1. The summed E-state index contributed by atoms with van der Waals surface area (Å²) in [6, 6.07) is 6.27. The minimum atomic E-state index is -3.89. The third-order valence-corrected chi connectivity index (χ3v) is 4.96. The zero-order valence-corrected chi connectivity index (χ0v) is 15.0. The van der Waals surface area contributed by atoms with Crippen LogP contribution in [0.15, 0.2) is 29.2 Å². The van der Waals surface area contributed by atoms with E-state index in [-0.39, 0.29) is 11.5 Å². The van der Waals surface area contributed by atoms with Crippen molar-refractivity contribution in [3.05, 3.63) is 29.8 Å². The fraction of sp³-hybridized carbons (Fsp3) is 0.500. The fourth-order valence-electron chi connectivity index (χ4n) is 1.99. The first kappa shape index (κ1) is 18.2. The van der Waals surface area contributed by atoms with Crippen LogP contribution in [0.25, 0.3) is 0 Å². The van der Waals surface area contributed by atoms with Crippen LogP contribution in [0.5, 0.6) is 0 Å². The van der Waals surface area contributed by atoms with E-state index in [0.29, 0.717) is 13.1 Å². The van der Waals surface area contributed by atoms with E-state index in [0.717, 1.165) is 18.4 Å². The van der Waals surface area contributed by atoms with Gasteiger partial charge in [-0.05, 0) is 31.9 Å². The molecule has 1 aliphatic heterocycles. The lowest BCUT2D eigenvalue weighted by molar-refractivity contribution is -0.257. The molecule has 0 spiro atoms. The molecule has 1 aliphatic rings. The van der Waals surface area contributed by atoms with Crippen molar-refractivity contribution in [3.63, 3.8) is 0 Å². The average molecular weight is 408 g/mol. The number of amides is 1. The Labute approximate surface area is 143 Å². The van der Waals surface area contributed by atoms with Crippen LogP contribution in [0.4, 0.5) is 4.79 Å². The first-order valence-electron chi connectivity index (χ1n) is 7.11. The molecule has 1 unspecified atom stereocenters. The van der Waals surface area contributed by atoms with Crippen molar-refractivity contribution in [2.24, 2.45) is 0 Å². The summed E-state index contributed by atoms with van der Waals surface area (Å²) in [4.78, 5) is 22.6. The summed E-state index contributed by atoms with van der Waals surface area (Å²) in [5.41, 5.74) is 0.944. The van der Waals surface area contributed by atoms with E-state index in [1.165, 1.54) is 17.0 Å². The highest BCUT2D eigenvalue weighted by atomic mass is 79.9. The van der Waals surface area contributed by atoms with Gasteiger partial charge in [-0.25, -0.2) is 4.79 Å². The molecule has 1 aromatic rings. The molecule has 1 amide bonds. The monoisotopic (exact) mass is 407 g/mol. The molecule has 0 radical (unpaired) electrons. The highest BCUT2D eigenvalue weighted by Crippen LogP contribution is 2.16. The molecule has 2 rings (SSSR count). The molecule has 9 heteroatoms. The van der Waals surface area contributed by atoms with Gasteiger partial charge in [0.05, 0.1) is 4.90 Å². The molecule has 1 aromatic carbocycles. The fourth-order valence-corrected chi connectivity index (χ4v) is 3.28. The Balaban J connectivity index is 1.77. The van der Waals surface area contributed by atoms with Gasteiger partial charge in [0.2, 0.25) is 0 Å². The summed E-state index contributed by atoms with van der Waals surface area (Å²) < 4.78 is 28.8. The topological polar surface area (TPSA) is 82.1 Å². The van der Waals surface area contributed by atoms with Crippen LogP contribution < -0.4 is 0 Å². The number of benzene rings is 1. The first-order valence-corrected chi connectivity index (χ1v) is 9.43. The van der Waals surface area contributed by atoms with E-state index >= 15 is 0 Å². The standard InChI is InChI=1S/C14H18BrNO6S/c1-11-4-6-12(7-5-11)23(18,19)20-10-13(15)21-22-14(17)16-8-2-3-9-16/h4-7,13H,2-3,8-10H2,1H3. The Morgan fingerprint density at radius 1 is 1.26 bits per heavy atom. The van der Waals surface area contributed by atoms with Crippen LogP contribution in [-0.4, -0.2) is 44.1 Å². The molecule has 1 atom stereocenters. The van der Waals surface area contributed by atoms with Crippen LogP contribution in [0.2, 0.25) is 0 Å². The number of rotatable bonds is 6. The highest BCUT2D eigenvalue weighted by molar-refractivity contribution is 9.09. The molecule has 1 saturated heterocycles. The lowest BCUT2D eigenvalue weighted by Gasteiger charge is -2.15. The summed E-state index contributed by atoms with van der Waals surface area (Å²) in [7, 11) is -3.89. The maximum atomic E-state index is 12.0. The van der Waals surface area contributed by atoms with E-state index in [4.69, 9.17) is 9.07 Å². The van der Waals surface area contributed by atoms with Crippen LogP contribution >= 0.6 is 15.9 Å². The Morgan fingerprint density at radius 2 is 1.87 bits per heavy atom. The van der Waals surface area contributed by atoms with Crippen molar-refractivity contribution in [3.8, 4) is 0 Å². The summed E-state index contributed by atoms with van der Waals surface area (Å²) in [6.45, 7) is 2.79. The lowest BCUT2D eigenvalue weighted by atomic mass is 10.2. The number of hydrogen-bond acceptors (Lipinski definition) is 6. The number of carbonyl (C=O) groups is 1. The molecule has 0 saturated carbocycles. The quantitative estimate of drug-likeness (QED) is 0.312. The van der Waals surface area contributed by atoms with Gasteiger partial charge in [-0.2, -0.15) is 13.3 Å². The predicted molar refractivity (Wildman–Crippen MR) is 85.4 cm³/mol. The van der Waals surface area contributed by atoms with Crippen molar-refractivity contribution < 1.29 is 27.2 Å². The zero-order chi connectivity index (χ0) is 16.9. The second kappa shape index (κ2) is 8.09. The molecule has 0 aliphatic carbocycles. The number of likely N-dealkylation sites (tertiary alicyclic amines) is 1. The first-order chi connectivity index (χ1) is 10.9. The van der Waals surface area contributed by atoms with Gasteiger partial charge < -0.3 is 4.90 Å². The molecule has 1 heterocycles. The van der Waals surface area contributed by atoms with Crippen LogP contribution in [0.3, 0.4) is 0 Å². The third-order valence-electron chi connectivity index (χ3n) is 3.25. The molecule has 0 N–H and O–H groups in total. The van der Waals surface area contributed by atoms with Gasteiger partial charge in [-0.3, -0.25) is 9.07 Å². The van der Waals surface area contributed by atoms with Crippen molar-refractivity contribution in [2.75, 3.05) is 19.7 Å². The zero-order valence-electron chi connectivity index (χ0n) is 12.6. The van der Waals surface area contributed by atoms with Crippen LogP contribution in [0, 0.1) is 6.92 Å². The Kier molecular flexibility index (Phi) is 6.40.